The molecule has 4 atom stereocenters. The highest BCUT2D eigenvalue weighted by atomic mass is 19.1. The van der Waals surface area contributed by atoms with Gasteiger partial charge < -0.3 is 14.8 Å². The molecule has 0 unspecified atom stereocenters. The highest BCUT2D eigenvalue weighted by Crippen LogP contribution is 2.39. The zero-order chi connectivity index (χ0) is 18.6. The molecule has 0 aromatic heterocycles. The monoisotopic (exact) mass is 352 g/mol. The quantitative estimate of drug-likeness (QED) is 0.818. The number of carbonyl (C=O) groups excluding carboxylic acids is 2. The molecule has 6 heteroatoms. The van der Waals surface area contributed by atoms with Crippen LogP contribution in [0.15, 0.2) is 24.3 Å². The second-order valence-corrected chi connectivity index (χ2v) is 6.54. The van der Waals surface area contributed by atoms with E-state index in [1.54, 1.807) is 26.0 Å². The van der Waals surface area contributed by atoms with Crippen LogP contribution in [0.1, 0.15) is 39.2 Å². The van der Waals surface area contributed by atoms with E-state index in [1.807, 2.05) is 19.2 Å². The molecular weight excluding hydrogens is 325 g/mol. The summed E-state index contributed by atoms with van der Waals surface area (Å²) in [5.41, 5.74) is 0.754. The van der Waals surface area contributed by atoms with Crippen LogP contribution in [0.2, 0.25) is 0 Å². The van der Waals surface area contributed by atoms with Gasteiger partial charge in [0.2, 0.25) is 0 Å². The van der Waals surface area contributed by atoms with E-state index in [-0.39, 0.29) is 43.1 Å². The Morgan fingerprint density at radius 2 is 1.40 bits per heavy atom. The number of halogens is 1. The third-order valence-corrected chi connectivity index (χ3v) is 4.89. The van der Waals surface area contributed by atoms with Crippen molar-refractivity contribution >= 4 is 11.9 Å². The van der Waals surface area contributed by atoms with Crippen molar-refractivity contribution in [3.05, 3.63) is 35.6 Å². The molecule has 0 bridgehead atoms. The Hall–Kier alpha value is -1.95. The Morgan fingerprint density at radius 1 is 0.960 bits per heavy atom. The summed E-state index contributed by atoms with van der Waals surface area (Å²) in [5, 5.41) is 2.02. The number of nitrogens with two attached hydrogens (primary N) is 1. The highest BCUT2D eigenvalue weighted by Gasteiger charge is 2.52. The standard InChI is InChI=1S/C19H26FNO4/c1-5-24-18(22)15-11(3)21-12(4)16(19(23)25-6-2)17(15)13-7-9-14(20)10-8-13/h7-12,15-17,21H,5-6H2,1-4H3/p+1/t11-,12-,15+,16+/m1/s1. The Kier molecular flexibility index (Phi) is 6.53. The predicted octanol–water partition coefficient (Wildman–Crippen LogP) is 1.62. The Balaban J connectivity index is 2.49. The number of carbonyl (C=O) groups is 2. The summed E-state index contributed by atoms with van der Waals surface area (Å²) in [7, 11) is 0. The van der Waals surface area contributed by atoms with E-state index in [1.165, 1.54) is 12.1 Å². The van der Waals surface area contributed by atoms with Crippen molar-refractivity contribution in [2.24, 2.45) is 11.8 Å². The Bertz CT molecular complexity index is 574. The number of esters is 2. The zero-order valence-corrected chi connectivity index (χ0v) is 15.2. The number of quaternary nitrogens is 1. The molecule has 0 radical (unpaired) electrons. The number of ether oxygens (including phenoxy) is 2. The van der Waals surface area contributed by atoms with E-state index in [9.17, 15) is 14.0 Å². The van der Waals surface area contributed by atoms with Gasteiger partial charge in [-0.15, -0.1) is 0 Å². The first-order chi connectivity index (χ1) is 11.9. The summed E-state index contributed by atoms with van der Waals surface area (Å²) in [5.74, 6) is -2.43. The van der Waals surface area contributed by atoms with E-state index < -0.39 is 17.8 Å². The maximum atomic E-state index is 13.4. The summed E-state index contributed by atoms with van der Waals surface area (Å²) in [4.78, 5) is 25.2. The molecule has 1 aromatic carbocycles. The molecule has 138 valence electrons. The van der Waals surface area contributed by atoms with Crippen LogP contribution in [-0.2, 0) is 19.1 Å². The summed E-state index contributed by atoms with van der Waals surface area (Å²) in [6.45, 7) is 7.97. The number of piperidine rings is 1. The molecule has 1 aliphatic heterocycles. The molecule has 0 amide bonds. The molecule has 0 spiro atoms. The summed E-state index contributed by atoms with van der Waals surface area (Å²) >= 11 is 0. The lowest BCUT2D eigenvalue weighted by atomic mass is 9.68. The molecule has 25 heavy (non-hydrogen) atoms. The SMILES string of the molecule is CCOC(=O)[C@@H]1C(c2ccc(F)cc2)[C@@H](C(=O)OCC)[C@@H](C)[NH2+][C@@H]1C. The van der Waals surface area contributed by atoms with Crippen molar-refractivity contribution in [2.75, 3.05) is 13.2 Å². The fourth-order valence-electron chi connectivity index (χ4n) is 3.89. The van der Waals surface area contributed by atoms with Crippen molar-refractivity contribution in [1.82, 2.24) is 0 Å². The third kappa shape index (κ3) is 4.18. The first kappa shape index (κ1) is 19.4. The van der Waals surface area contributed by atoms with Gasteiger partial charge in [-0.25, -0.2) is 4.39 Å². The summed E-state index contributed by atoms with van der Waals surface area (Å²) in [6, 6.07) is 5.87. The number of rotatable bonds is 5. The van der Waals surface area contributed by atoms with E-state index in [0.29, 0.717) is 0 Å². The minimum absolute atomic E-state index is 0.0604. The fourth-order valence-corrected chi connectivity index (χ4v) is 3.89. The molecule has 1 fully saturated rings. The van der Waals surface area contributed by atoms with Gasteiger partial charge >= 0.3 is 11.9 Å². The number of hydrogen-bond donors (Lipinski definition) is 1. The topological polar surface area (TPSA) is 69.2 Å². The van der Waals surface area contributed by atoms with Gasteiger partial charge in [-0.3, -0.25) is 9.59 Å². The molecule has 0 aliphatic carbocycles. The van der Waals surface area contributed by atoms with E-state index >= 15 is 0 Å². The average molecular weight is 352 g/mol. The van der Waals surface area contributed by atoms with Gasteiger partial charge in [-0.2, -0.15) is 0 Å². The lowest BCUT2D eigenvalue weighted by Gasteiger charge is -2.41. The van der Waals surface area contributed by atoms with Crippen LogP contribution in [0.3, 0.4) is 0 Å². The van der Waals surface area contributed by atoms with Gasteiger partial charge in [-0.1, -0.05) is 12.1 Å². The van der Waals surface area contributed by atoms with Crippen LogP contribution in [0.5, 0.6) is 0 Å². The third-order valence-electron chi connectivity index (χ3n) is 4.89. The Labute approximate surface area is 147 Å². The van der Waals surface area contributed by atoms with Gasteiger partial charge in [-0.05, 0) is 45.4 Å². The Morgan fingerprint density at radius 3 is 1.80 bits per heavy atom. The van der Waals surface area contributed by atoms with E-state index in [0.717, 1.165) is 5.56 Å². The second-order valence-electron chi connectivity index (χ2n) is 6.54. The van der Waals surface area contributed by atoms with E-state index in [4.69, 9.17) is 9.47 Å². The van der Waals surface area contributed by atoms with Gasteiger partial charge in [0, 0.05) is 5.92 Å². The van der Waals surface area contributed by atoms with Crippen molar-refractivity contribution in [2.45, 2.75) is 45.7 Å². The first-order valence-electron chi connectivity index (χ1n) is 8.84. The highest BCUT2D eigenvalue weighted by molar-refractivity contribution is 5.79. The predicted molar refractivity (Wildman–Crippen MR) is 90.2 cm³/mol. The molecular formula is C19H27FNO4+. The molecule has 1 heterocycles. The van der Waals surface area contributed by atoms with Crippen LogP contribution in [-0.4, -0.2) is 37.2 Å². The van der Waals surface area contributed by atoms with E-state index in [2.05, 4.69) is 0 Å². The minimum atomic E-state index is -0.504. The lowest BCUT2D eigenvalue weighted by molar-refractivity contribution is -0.734. The van der Waals surface area contributed by atoms with Crippen molar-refractivity contribution < 1.29 is 28.8 Å². The number of hydrogen-bond acceptors (Lipinski definition) is 4. The van der Waals surface area contributed by atoms with Gasteiger partial charge in [0.25, 0.3) is 0 Å². The van der Waals surface area contributed by atoms with Crippen LogP contribution >= 0.6 is 0 Å². The van der Waals surface area contributed by atoms with Crippen LogP contribution in [0, 0.1) is 17.7 Å². The molecule has 0 saturated carbocycles. The minimum Gasteiger partial charge on any atom is -0.466 e. The van der Waals surface area contributed by atoms with Crippen LogP contribution in [0.4, 0.5) is 4.39 Å². The van der Waals surface area contributed by atoms with Gasteiger partial charge in [0.15, 0.2) is 0 Å². The lowest BCUT2D eigenvalue weighted by Crippen LogP contribution is -2.99. The van der Waals surface area contributed by atoms with Gasteiger partial charge in [0.1, 0.15) is 17.7 Å². The van der Waals surface area contributed by atoms with Crippen molar-refractivity contribution in [3.8, 4) is 0 Å². The maximum Gasteiger partial charge on any atom is 0.315 e. The average Bonchev–Trinajstić information content (AvgIpc) is 2.55. The molecule has 1 saturated heterocycles. The number of benzene rings is 1. The largest absolute Gasteiger partial charge is 0.466 e. The van der Waals surface area contributed by atoms with Crippen LogP contribution in [0.25, 0.3) is 0 Å². The smallest absolute Gasteiger partial charge is 0.315 e. The second kappa shape index (κ2) is 8.43. The van der Waals surface area contributed by atoms with Crippen molar-refractivity contribution in [3.63, 3.8) is 0 Å². The molecule has 2 N–H and O–H groups in total. The molecule has 1 aliphatic rings. The van der Waals surface area contributed by atoms with Gasteiger partial charge in [0.05, 0.1) is 25.3 Å². The summed E-state index contributed by atoms with van der Waals surface area (Å²) < 4.78 is 23.9. The summed E-state index contributed by atoms with van der Waals surface area (Å²) in [6.07, 6.45) is 0. The fraction of sp³-hybridized carbons (Fsp3) is 0.579. The maximum absolute atomic E-state index is 13.4. The first-order valence-corrected chi connectivity index (χ1v) is 8.84. The zero-order valence-electron chi connectivity index (χ0n) is 15.2. The van der Waals surface area contributed by atoms with Crippen LogP contribution < -0.4 is 5.32 Å². The molecule has 5 nitrogen and oxygen atoms in total. The molecule has 1 aromatic rings. The van der Waals surface area contributed by atoms with Crippen molar-refractivity contribution in [1.29, 1.82) is 0 Å². The molecule has 2 rings (SSSR count). The normalized spacial score (nSPS) is 29.1.